The maximum absolute atomic E-state index is 14.8. The van der Waals surface area contributed by atoms with Crippen LogP contribution in [0.2, 0.25) is 0 Å². The van der Waals surface area contributed by atoms with E-state index in [9.17, 15) is 13.6 Å². The van der Waals surface area contributed by atoms with Crippen molar-refractivity contribution in [3.05, 3.63) is 65.2 Å². The molecule has 0 atom stereocenters. The average Bonchev–Trinajstić information content (AvgIpc) is 3.50. The van der Waals surface area contributed by atoms with Crippen molar-refractivity contribution in [3.63, 3.8) is 0 Å². The van der Waals surface area contributed by atoms with Gasteiger partial charge in [-0.05, 0) is 32.8 Å². The zero-order chi connectivity index (χ0) is 25.4. The number of nitrogens with one attached hydrogen (secondary N) is 1. The van der Waals surface area contributed by atoms with Crippen LogP contribution in [-0.2, 0) is 6.54 Å². The van der Waals surface area contributed by atoms with Crippen molar-refractivity contribution < 1.29 is 18.3 Å². The summed E-state index contributed by atoms with van der Waals surface area (Å²) in [4.78, 5) is 20.3. The largest absolute Gasteiger partial charge is 0.494 e. The first-order chi connectivity index (χ1) is 17.4. The third kappa shape index (κ3) is 4.56. The summed E-state index contributed by atoms with van der Waals surface area (Å²) in [7, 11) is 0. The van der Waals surface area contributed by atoms with Crippen molar-refractivity contribution >= 4 is 17.5 Å². The van der Waals surface area contributed by atoms with Crippen molar-refractivity contribution in [2.24, 2.45) is 0 Å². The normalized spacial score (nSPS) is 13.1. The maximum Gasteiger partial charge on any atom is 0.245 e. The van der Waals surface area contributed by atoms with Gasteiger partial charge in [0.15, 0.2) is 0 Å². The summed E-state index contributed by atoms with van der Waals surface area (Å²) >= 11 is 0. The van der Waals surface area contributed by atoms with Gasteiger partial charge in [0, 0.05) is 54.1 Å². The average molecular weight is 494 g/mol. The second kappa shape index (κ2) is 9.48. The van der Waals surface area contributed by atoms with Gasteiger partial charge in [-0.3, -0.25) is 9.48 Å². The highest BCUT2D eigenvalue weighted by molar-refractivity contribution is 5.82. The molecule has 0 aliphatic heterocycles. The Labute approximate surface area is 206 Å². The quantitative estimate of drug-likeness (QED) is 0.375. The van der Waals surface area contributed by atoms with E-state index in [0.29, 0.717) is 29.6 Å². The molecule has 4 aromatic rings. The van der Waals surface area contributed by atoms with E-state index in [4.69, 9.17) is 9.84 Å². The third-order valence-corrected chi connectivity index (χ3v) is 6.02. The molecule has 5 rings (SSSR count). The summed E-state index contributed by atoms with van der Waals surface area (Å²) in [6, 6.07) is 5.76. The fourth-order valence-corrected chi connectivity index (χ4v) is 4.25. The van der Waals surface area contributed by atoms with Gasteiger partial charge in [-0.25, -0.2) is 18.7 Å². The Kier molecular flexibility index (Phi) is 6.21. The molecule has 1 fully saturated rings. The van der Waals surface area contributed by atoms with Crippen LogP contribution in [0.15, 0.2) is 36.8 Å². The number of benzene rings is 1. The highest BCUT2D eigenvalue weighted by atomic mass is 19.1. The molecular formula is C25H25F2N7O2. The molecule has 1 aliphatic carbocycles. The fraction of sp³-hybridized carbons (Fsp3) is 0.320. The number of hydrogen-bond donors (Lipinski definition) is 1. The summed E-state index contributed by atoms with van der Waals surface area (Å²) in [5.41, 5.74) is 2.71. The Morgan fingerprint density at radius 1 is 1.19 bits per heavy atom. The Balaban J connectivity index is 1.53. The van der Waals surface area contributed by atoms with Crippen LogP contribution in [-0.4, -0.2) is 42.0 Å². The maximum atomic E-state index is 14.8. The van der Waals surface area contributed by atoms with Gasteiger partial charge >= 0.3 is 0 Å². The second-order valence-electron chi connectivity index (χ2n) is 8.65. The first kappa shape index (κ1) is 23.6. The second-order valence-corrected chi connectivity index (χ2v) is 8.65. The molecule has 1 aliphatic rings. The molecule has 11 heteroatoms. The van der Waals surface area contributed by atoms with Gasteiger partial charge in [0.1, 0.15) is 46.7 Å². The molecule has 1 saturated carbocycles. The van der Waals surface area contributed by atoms with Gasteiger partial charge in [-0.15, -0.1) is 0 Å². The lowest BCUT2D eigenvalue weighted by Gasteiger charge is -2.11. The zero-order valence-electron chi connectivity index (χ0n) is 20.1. The van der Waals surface area contributed by atoms with Gasteiger partial charge < -0.3 is 10.1 Å². The van der Waals surface area contributed by atoms with Gasteiger partial charge in [0.25, 0.3) is 0 Å². The molecule has 0 saturated heterocycles. The van der Waals surface area contributed by atoms with Crippen LogP contribution < -0.4 is 10.1 Å². The van der Waals surface area contributed by atoms with Crippen molar-refractivity contribution in [3.8, 4) is 17.1 Å². The standard InChI is InChI=1S/C25H25F2N7O2/c1-4-36-17-9-19(26)18(20(27)10-17)12-33-25(16-5-6-16)14(2)24(32-33)21-11-23(34(31-21)15(3)35)30-22-7-8-28-13-29-22/h7-11,13,16H,4-6,12H2,1-3H3,(H,28,29,30). The molecule has 36 heavy (non-hydrogen) atoms. The van der Waals surface area contributed by atoms with Gasteiger partial charge in [-0.1, -0.05) is 0 Å². The number of carbonyl (C=O) groups is 1. The van der Waals surface area contributed by atoms with E-state index in [0.717, 1.165) is 24.1 Å². The summed E-state index contributed by atoms with van der Waals surface area (Å²) in [5, 5.41) is 12.2. The third-order valence-electron chi connectivity index (χ3n) is 6.02. The number of ether oxygens (including phenoxy) is 1. The predicted molar refractivity (Wildman–Crippen MR) is 128 cm³/mol. The van der Waals surface area contributed by atoms with Crippen molar-refractivity contribution in [1.29, 1.82) is 0 Å². The van der Waals surface area contributed by atoms with Gasteiger partial charge in [0.2, 0.25) is 5.91 Å². The smallest absolute Gasteiger partial charge is 0.245 e. The minimum Gasteiger partial charge on any atom is -0.494 e. The van der Waals surface area contributed by atoms with Crippen LogP contribution in [0.5, 0.6) is 5.75 Å². The number of hydrogen-bond acceptors (Lipinski definition) is 7. The minimum atomic E-state index is -0.688. The van der Waals surface area contributed by atoms with Gasteiger partial charge in [0.05, 0.1) is 13.2 Å². The Morgan fingerprint density at radius 3 is 2.56 bits per heavy atom. The van der Waals surface area contributed by atoms with E-state index in [1.54, 1.807) is 29.9 Å². The summed E-state index contributed by atoms with van der Waals surface area (Å²) in [6.45, 7) is 5.31. The highest BCUT2D eigenvalue weighted by Gasteiger charge is 2.32. The van der Waals surface area contributed by atoms with Crippen LogP contribution in [0.4, 0.5) is 20.4 Å². The predicted octanol–water partition coefficient (Wildman–Crippen LogP) is 4.85. The first-order valence-electron chi connectivity index (χ1n) is 11.7. The number of nitrogens with zero attached hydrogens (tertiary/aromatic N) is 6. The molecule has 3 heterocycles. The lowest BCUT2D eigenvalue weighted by molar-refractivity contribution is 0.0924. The van der Waals surface area contributed by atoms with E-state index < -0.39 is 11.6 Å². The number of halogens is 2. The van der Waals surface area contributed by atoms with Crippen molar-refractivity contribution in [1.82, 2.24) is 29.5 Å². The molecule has 0 bridgehead atoms. The highest BCUT2D eigenvalue weighted by Crippen LogP contribution is 2.44. The minimum absolute atomic E-state index is 0.0732. The molecule has 186 valence electrons. The first-order valence-corrected chi connectivity index (χ1v) is 11.7. The van der Waals surface area contributed by atoms with E-state index in [1.807, 2.05) is 6.92 Å². The van der Waals surface area contributed by atoms with Crippen LogP contribution in [0.3, 0.4) is 0 Å². The Hall–Kier alpha value is -4.15. The Morgan fingerprint density at radius 2 is 1.94 bits per heavy atom. The van der Waals surface area contributed by atoms with Crippen LogP contribution in [0, 0.1) is 18.6 Å². The van der Waals surface area contributed by atoms with Crippen LogP contribution >= 0.6 is 0 Å². The van der Waals surface area contributed by atoms with Crippen molar-refractivity contribution in [2.75, 3.05) is 11.9 Å². The lowest BCUT2D eigenvalue weighted by Crippen LogP contribution is -2.11. The number of rotatable bonds is 8. The fourth-order valence-electron chi connectivity index (χ4n) is 4.25. The molecule has 1 aromatic carbocycles. The molecule has 3 aromatic heterocycles. The number of aromatic nitrogens is 6. The van der Waals surface area contributed by atoms with E-state index >= 15 is 0 Å². The SMILES string of the molecule is CCOc1cc(F)c(Cn2nc(-c3cc(Nc4ccncn4)n(C(C)=O)n3)c(C)c2C2CC2)c(F)c1. The van der Waals surface area contributed by atoms with Crippen LogP contribution in [0.25, 0.3) is 11.4 Å². The molecule has 0 unspecified atom stereocenters. The molecule has 1 N–H and O–H groups in total. The zero-order valence-corrected chi connectivity index (χ0v) is 20.1. The molecule has 0 spiro atoms. The van der Waals surface area contributed by atoms with Gasteiger partial charge in [-0.2, -0.15) is 14.9 Å². The van der Waals surface area contributed by atoms with Crippen molar-refractivity contribution in [2.45, 2.75) is 46.1 Å². The molecule has 0 radical (unpaired) electrons. The molecule has 9 nitrogen and oxygen atoms in total. The van der Waals surface area contributed by atoms with E-state index in [2.05, 4.69) is 20.4 Å². The molecule has 0 amide bonds. The summed E-state index contributed by atoms with van der Waals surface area (Å²) in [6.07, 6.45) is 4.92. The number of anilines is 2. The van der Waals surface area contributed by atoms with Crippen LogP contribution in [0.1, 0.15) is 54.2 Å². The monoisotopic (exact) mass is 493 g/mol. The lowest BCUT2D eigenvalue weighted by atomic mass is 10.1. The summed E-state index contributed by atoms with van der Waals surface area (Å²) < 4.78 is 37.8. The van der Waals surface area contributed by atoms with E-state index in [1.165, 1.54) is 30.1 Å². The topological polar surface area (TPSA) is 99.7 Å². The van der Waals surface area contributed by atoms with E-state index in [-0.39, 0.29) is 29.7 Å². The molecular weight excluding hydrogens is 468 g/mol. The Bertz CT molecular complexity index is 1400. The summed E-state index contributed by atoms with van der Waals surface area (Å²) in [5.74, 6) is -0.346. The number of carbonyl (C=O) groups excluding carboxylic acids is 1.